The zero-order chi connectivity index (χ0) is 11.7. The minimum Gasteiger partial charge on any atom is -0.481 e. The lowest BCUT2D eigenvalue weighted by Crippen LogP contribution is -2.07. The van der Waals surface area contributed by atoms with Gasteiger partial charge in [0.1, 0.15) is 0 Å². The van der Waals surface area contributed by atoms with E-state index >= 15 is 0 Å². The highest BCUT2D eigenvalue weighted by Gasteiger charge is 2.10. The average Bonchev–Trinajstić information content (AvgIpc) is 2.16. The molecule has 0 rings (SSSR count). The van der Waals surface area contributed by atoms with Gasteiger partial charge in [-0.15, -0.1) is 0 Å². The lowest BCUT2D eigenvalue weighted by atomic mass is 10.2. The van der Waals surface area contributed by atoms with Crippen LogP contribution in [0.5, 0.6) is 0 Å². The summed E-state index contributed by atoms with van der Waals surface area (Å²) >= 11 is 0. The molecule has 0 aromatic carbocycles. The van der Waals surface area contributed by atoms with Gasteiger partial charge >= 0.3 is 11.9 Å². The van der Waals surface area contributed by atoms with E-state index in [-0.39, 0.29) is 5.57 Å². The average molecular weight is 210 g/mol. The first-order valence-corrected chi connectivity index (χ1v) is 4.50. The topological polar surface area (TPSA) is 63.6 Å². The molecule has 0 unspecified atom stereocenters. The van der Waals surface area contributed by atoms with Gasteiger partial charge in [0.25, 0.3) is 0 Å². The zero-order valence-electron chi connectivity index (χ0n) is 8.60. The van der Waals surface area contributed by atoms with E-state index in [9.17, 15) is 9.59 Å². The lowest BCUT2D eigenvalue weighted by molar-refractivity contribution is -0.140. The fourth-order valence-electron chi connectivity index (χ4n) is 0.699. The molecule has 15 heavy (non-hydrogen) atoms. The van der Waals surface area contributed by atoms with Crippen LogP contribution < -0.4 is 0 Å². The van der Waals surface area contributed by atoms with Crippen molar-refractivity contribution in [3.8, 4) is 0 Å². The van der Waals surface area contributed by atoms with Crippen LogP contribution in [0.25, 0.3) is 0 Å². The fourth-order valence-corrected chi connectivity index (χ4v) is 0.699. The van der Waals surface area contributed by atoms with E-state index in [2.05, 4.69) is 11.3 Å². The van der Waals surface area contributed by atoms with Gasteiger partial charge in [-0.2, -0.15) is 0 Å². The Morgan fingerprint density at radius 1 is 1.40 bits per heavy atom. The second kappa shape index (κ2) is 7.55. The van der Waals surface area contributed by atoms with Gasteiger partial charge in [0.2, 0.25) is 0 Å². The molecule has 0 radical (unpaired) electrons. The van der Waals surface area contributed by atoms with Crippen molar-refractivity contribution in [1.29, 1.82) is 0 Å². The highest BCUT2D eigenvalue weighted by Crippen LogP contribution is 2.01. The Hall–Kier alpha value is -1.84. The molecular formula is C11H14O4. The fraction of sp³-hybridized carbons (Fsp3) is 0.273. The molecule has 4 heteroatoms. The largest absolute Gasteiger partial charge is 0.481 e. The van der Waals surface area contributed by atoms with Crippen molar-refractivity contribution in [3.63, 3.8) is 0 Å². The molecule has 0 saturated carbocycles. The van der Waals surface area contributed by atoms with Gasteiger partial charge in [-0.1, -0.05) is 25.7 Å². The second-order valence-corrected chi connectivity index (χ2v) is 2.74. The van der Waals surface area contributed by atoms with Gasteiger partial charge in [-0.25, -0.2) is 4.79 Å². The molecule has 0 atom stereocenters. The maximum atomic E-state index is 11.1. The summed E-state index contributed by atoms with van der Waals surface area (Å²) in [6.45, 7) is 5.28. The number of carbonyl (C=O) groups excluding carboxylic acids is 1. The van der Waals surface area contributed by atoms with Crippen molar-refractivity contribution >= 4 is 11.9 Å². The zero-order valence-corrected chi connectivity index (χ0v) is 8.60. The van der Waals surface area contributed by atoms with E-state index in [0.717, 1.165) is 6.42 Å². The predicted molar refractivity (Wildman–Crippen MR) is 56.1 cm³/mol. The summed E-state index contributed by atoms with van der Waals surface area (Å²) in [7, 11) is 0. The minimum absolute atomic E-state index is 0.0772. The summed E-state index contributed by atoms with van der Waals surface area (Å²) in [6.07, 6.45) is 6.85. The van der Waals surface area contributed by atoms with Gasteiger partial charge in [-0.05, 0) is 12.5 Å². The van der Waals surface area contributed by atoms with Crippen molar-refractivity contribution in [2.45, 2.75) is 19.8 Å². The first-order chi connectivity index (χ1) is 7.07. The van der Waals surface area contributed by atoms with Crippen LogP contribution in [0.1, 0.15) is 19.8 Å². The summed E-state index contributed by atoms with van der Waals surface area (Å²) in [5, 5.41) is 8.38. The van der Waals surface area contributed by atoms with Crippen molar-refractivity contribution < 1.29 is 19.4 Å². The number of carboxylic acids is 1. The minimum atomic E-state index is -1.10. The highest BCUT2D eigenvalue weighted by atomic mass is 16.5. The van der Waals surface area contributed by atoms with Crippen LogP contribution in [0.15, 0.2) is 36.6 Å². The van der Waals surface area contributed by atoms with Gasteiger partial charge in [0, 0.05) is 5.57 Å². The molecule has 0 spiro atoms. The Balaban J connectivity index is 3.93. The van der Waals surface area contributed by atoms with Gasteiger partial charge in [0.15, 0.2) is 0 Å². The summed E-state index contributed by atoms with van der Waals surface area (Å²) in [5.74, 6) is -1.83. The molecule has 0 aliphatic carbocycles. The number of hydrogen-bond acceptors (Lipinski definition) is 3. The molecule has 0 fully saturated rings. The summed E-state index contributed by atoms with van der Waals surface area (Å²) in [6, 6.07) is 0. The predicted octanol–water partition coefficient (Wildman–Crippen LogP) is 2.04. The van der Waals surface area contributed by atoms with Crippen LogP contribution in [0, 0.1) is 0 Å². The monoisotopic (exact) mass is 210 g/mol. The number of allylic oxidation sites excluding steroid dienone is 3. The van der Waals surface area contributed by atoms with E-state index in [0.29, 0.717) is 0 Å². The van der Waals surface area contributed by atoms with Crippen LogP contribution >= 0.6 is 0 Å². The molecule has 1 N–H and O–H groups in total. The Morgan fingerprint density at radius 2 is 2.07 bits per heavy atom. The van der Waals surface area contributed by atoms with Crippen LogP contribution in [-0.4, -0.2) is 17.0 Å². The standard InChI is InChI=1S/C11H14O4/c1-3-4-5-6-7-15-11(14)9(2)8-10(12)13/h4-7H,2-3,8H2,1H3,(H,12,13). The molecule has 0 aliphatic heterocycles. The number of carbonyl (C=O) groups is 2. The molecule has 82 valence electrons. The number of carboxylic acid groups (broad SMARTS) is 1. The summed E-state index contributed by atoms with van der Waals surface area (Å²) in [5.41, 5.74) is -0.0772. The third-order valence-corrected chi connectivity index (χ3v) is 1.39. The Kier molecular flexibility index (Phi) is 6.63. The van der Waals surface area contributed by atoms with Crippen LogP contribution in [0.4, 0.5) is 0 Å². The third kappa shape index (κ3) is 7.25. The number of rotatable bonds is 6. The number of aliphatic carboxylic acids is 1. The van der Waals surface area contributed by atoms with E-state index in [4.69, 9.17) is 5.11 Å². The lowest BCUT2D eigenvalue weighted by Gasteiger charge is -1.98. The van der Waals surface area contributed by atoms with Crippen molar-refractivity contribution in [3.05, 3.63) is 36.6 Å². The number of hydrogen-bond donors (Lipinski definition) is 1. The van der Waals surface area contributed by atoms with Crippen molar-refractivity contribution in [2.24, 2.45) is 0 Å². The van der Waals surface area contributed by atoms with Crippen LogP contribution in [0.3, 0.4) is 0 Å². The highest BCUT2D eigenvalue weighted by molar-refractivity contribution is 5.93. The Bertz CT molecular complexity index is 300. The molecule has 0 saturated heterocycles. The van der Waals surface area contributed by atoms with E-state index in [1.165, 1.54) is 6.26 Å². The van der Waals surface area contributed by atoms with Crippen molar-refractivity contribution in [2.75, 3.05) is 0 Å². The summed E-state index contributed by atoms with van der Waals surface area (Å²) < 4.78 is 4.62. The van der Waals surface area contributed by atoms with E-state index in [1.54, 1.807) is 12.2 Å². The SMILES string of the molecule is C=C(CC(=O)O)C(=O)OC=CC=CCC. The van der Waals surface area contributed by atoms with Gasteiger partial charge < -0.3 is 9.84 Å². The Labute approximate surface area is 88.6 Å². The molecule has 0 aromatic rings. The maximum Gasteiger partial charge on any atom is 0.338 e. The Morgan fingerprint density at radius 3 is 2.60 bits per heavy atom. The van der Waals surface area contributed by atoms with Gasteiger partial charge in [0.05, 0.1) is 12.7 Å². The first-order valence-electron chi connectivity index (χ1n) is 4.50. The number of ether oxygens (including phenoxy) is 1. The quantitative estimate of drug-likeness (QED) is 0.315. The van der Waals surface area contributed by atoms with E-state index < -0.39 is 18.4 Å². The van der Waals surface area contributed by atoms with Gasteiger partial charge in [-0.3, -0.25) is 4.79 Å². The normalized spacial score (nSPS) is 10.7. The molecule has 0 heterocycles. The molecule has 0 bridgehead atoms. The van der Waals surface area contributed by atoms with Crippen LogP contribution in [-0.2, 0) is 14.3 Å². The maximum absolute atomic E-state index is 11.1. The molecule has 0 aromatic heterocycles. The smallest absolute Gasteiger partial charge is 0.338 e. The number of esters is 1. The summed E-state index contributed by atoms with van der Waals surface area (Å²) in [4.78, 5) is 21.3. The molecule has 0 aliphatic rings. The van der Waals surface area contributed by atoms with E-state index in [1.807, 2.05) is 13.0 Å². The molecule has 0 amide bonds. The van der Waals surface area contributed by atoms with Crippen LogP contribution in [0.2, 0.25) is 0 Å². The second-order valence-electron chi connectivity index (χ2n) is 2.74. The molecule has 4 nitrogen and oxygen atoms in total. The van der Waals surface area contributed by atoms with Crippen molar-refractivity contribution in [1.82, 2.24) is 0 Å². The first kappa shape index (κ1) is 13.2. The molecular weight excluding hydrogens is 196 g/mol. The third-order valence-electron chi connectivity index (χ3n) is 1.39.